The Balaban J connectivity index is 1.65. The van der Waals surface area contributed by atoms with Crippen molar-refractivity contribution in [3.63, 3.8) is 0 Å². The average molecular weight is 349 g/mol. The summed E-state index contributed by atoms with van der Waals surface area (Å²) in [6.07, 6.45) is 6.92. The Morgan fingerprint density at radius 1 is 1.15 bits per heavy atom. The Hall–Kier alpha value is -2.83. The first-order chi connectivity index (χ1) is 12.6. The van der Waals surface area contributed by atoms with Gasteiger partial charge in [0.15, 0.2) is 11.6 Å². The van der Waals surface area contributed by atoms with Gasteiger partial charge in [-0.15, -0.1) is 10.2 Å². The number of rotatable bonds is 4. The molecule has 0 bridgehead atoms. The molecule has 1 aliphatic heterocycles. The standard InChI is InChI=1S/C19H23N7/c1-12-13(2)21-18(15-7-6-9-20-11-15)23-17(12)22-14(3)19-25-24-16-8-4-5-10-26(16)19/h6-7,9,11,14H,4-5,8,10H2,1-3H3,(H,21,22,23). The largest absolute Gasteiger partial charge is 0.360 e. The summed E-state index contributed by atoms with van der Waals surface area (Å²) in [4.78, 5) is 13.5. The molecule has 0 radical (unpaired) electrons. The number of fused-ring (bicyclic) bond motifs is 1. The molecule has 1 aliphatic rings. The van der Waals surface area contributed by atoms with Gasteiger partial charge < -0.3 is 9.88 Å². The zero-order valence-electron chi connectivity index (χ0n) is 15.4. The summed E-state index contributed by atoms with van der Waals surface area (Å²) in [6.45, 7) is 7.14. The first-order valence-corrected chi connectivity index (χ1v) is 9.07. The van der Waals surface area contributed by atoms with Crippen LogP contribution in [0.15, 0.2) is 24.5 Å². The summed E-state index contributed by atoms with van der Waals surface area (Å²) >= 11 is 0. The van der Waals surface area contributed by atoms with Crippen LogP contribution in [0.1, 0.15) is 48.7 Å². The Morgan fingerprint density at radius 2 is 2.04 bits per heavy atom. The van der Waals surface area contributed by atoms with E-state index in [2.05, 4.69) is 37.0 Å². The highest BCUT2D eigenvalue weighted by Crippen LogP contribution is 2.26. The van der Waals surface area contributed by atoms with Crippen LogP contribution in [0.25, 0.3) is 11.4 Å². The van der Waals surface area contributed by atoms with Gasteiger partial charge in [0.1, 0.15) is 11.6 Å². The van der Waals surface area contributed by atoms with Gasteiger partial charge in [0.05, 0.1) is 6.04 Å². The fraction of sp³-hybridized carbons (Fsp3) is 0.421. The van der Waals surface area contributed by atoms with E-state index >= 15 is 0 Å². The van der Waals surface area contributed by atoms with E-state index in [0.717, 1.165) is 47.3 Å². The summed E-state index contributed by atoms with van der Waals surface area (Å²) in [5, 5.41) is 12.3. The Morgan fingerprint density at radius 3 is 2.85 bits per heavy atom. The Labute approximate surface area is 152 Å². The zero-order valence-corrected chi connectivity index (χ0v) is 15.4. The lowest BCUT2D eigenvalue weighted by Gasteiger charge is -2.20. The Bertz CT molecular complexity index is 917. The lowest BCUT2D eigenvalue weighted by Crippen LogP contribution is -2.19. The number of hydrogen-bond donors (Lipinski definition) is 1. The summed E-state index contributed by atoms with van der Waals surface area (Å²) < 4.78 is 2.24. The summed E-state index contributed by atoms with van der Waals surface area (Å²) in [5.74, 6) is 3.57. The minimum atomic E-state index is 0.0177. The van der Waals surface area contributed by atoms with Gasteiger partial charge in [0.25, 0.3) is 0 Å². The summed E-state index contributed by atoms with van der Waals surface area (Å²) in [6, 6.07) is 3.88. The third kappa shape index (κ3) is 3.05. The van der Waals surface area contributed by atoms with Crippen molar-refractivity contribution in [3.05, 3.63) is 47.4 Å². The number of pyridine rings is 1. The van der Waals surface area contributed by atoms with Gasteiger partial charge in [0, 0.05) is 42.2 Å². The number of nitrogens with one attached hydrogen (secondary N) is 1. The molecule has 0 aromatic carbocycles. The van der Waals surface area contributed by atoms with Crippen LogP contribution in [-0.2, 0) is 13.0 Å². The van der Waals surface area contributed by atoms with Gasteiger partial charge in [-0.25, -0.2) is 9.97 Å². The molecule has 0 saturated carbocycles. The molecule has 26 heavy (non-hydrogen) atoms. The highest BCUT2D eigenvalue weighted by Gasteiger charge is 2.21. The molecule has 3 aromatic heterocycles. The second-order valence-corrected chi connectivity index (χ2v) is 6.80. The van der Waals surface area contributed by atoms with Crippen LogP contribution >= 0.6 is 0 Å². The monoisotopic (exact) mass is 349 g/mol. The molecule has 0 fully saturated rings. The normalized spacial score (nSPS) is 14.7. The van der Waals surface area contributed by atoms with Crippen LogP contribution in [0.4, 0.5) is 5.82 Å². The van der Waals surface area contributed by atoms with Crippen molar-refractivity contribution >= 4 is 5.82 Å². The third-order valence-corrected chi connectivity index (χ3v) is 4.94. The molecule has 0 spiro atoms. The number of hydrogen-bond acceptors (Lipinski definition) is 6. The summed E-state index contributed by atoms with van der Waals surface area (Å²) in [5.41, 5.74) is 2.91. The van der Waals surface area contributed by atoms with Gasteiger partial charge in [-0.05, 0) is 45.7 Å². The molecule has 134 valence electrons. The first-order valence-electron chi connectivity index (χ1n) is 9.07. The predicted molar refractivity (Wildman–Crippen MR) is 99.7 cm³/mol. The molecule has 7 heteroatoms. The van der Waals surface area contributed by atoms with Crippen LogP contribution < -0.4 is 5.32 Å². The van der Waals surface area contributed by atoms with Crippen LogP contribution in [0.2, 0.25) is 0 Å². The van der Waals surface area contributed by atoms with Crippen LogP contribution in [0.5, 0.6) is 0 Å². The maximum absolute atomic E-state index is 4.75. The molecule has 0 amide bonds. The lowest BCUT2D eigenvalue weighted by molar-refractivity contribution is 0.500. The molecule has 4 heterocycles. The maximum atomic E-state index is 4.75. The molecular weight excluding hydrogens is 326 g/mol. The van der Waals surface area contributed by atoms with Gasteiger partial charge in [-0.2, -0.15) is 0 Å². The van der Waals surface area contributed by atoms with E-state index in [1.807, 2.05) is 26.0 Å². The van der Waals surface area contributed by atoms with Crippen molar-refractivity contribution in [1.82, 2.24) is 29.7 Å². The van der Waals surface area contributed by atoms with Gasteiger partial charge in [0.2, 0.25) is 0 Å². The van der Waals surface area contributed by atoms with Gasteiger partial charge in [-0.3, -0.25) is 4.98 Å². The molecule has 0 saturated heterocycles. The van der Waals surface area contributed by atoms with Crippen molar-refractivity contribution in [2.75, 3.05) is 5.32 Å². The fourth-order valence-corrected chi connectivity index (χ4v) is 3.31. The quantitative estimate of drug-likeness (QED) is 0.778. The van der Waals surface area contributed by atoms with Crippen molar-refractivity contribution in [3.8, 4) is 11.4 Å². The number of nitrogens with zero attached hydrogens (tertiary/aromatic N) is 6. The second-order valence-electron chi connectivity index (χ2n) is 6.80. The van der Waals surface area contributed by atoms with E-state index in [4.69, 9.17) is 4.98 Å². The molecule has 7 nitrogen and oxygen atoms in total. The lowest BCUT2D eigenvalue weighted by atomic mass is 10.1. The van der Waals surface area contributed by atoms with Crippen molar-refractivity contribution in [1.29, 1.82) is 0 Å². The molecule has 1 atom stereocenters. The number of aryl methyl sites for hydroxylation is 2. The smallest absolute Gasteiger partial charge is 0.163 e. The maximum Gasteiger partial charge on any atom is 0.163 e. The van der Waals surface area contributed by atoms with E-state index < -0.39 is 0 Å². The van der Waals surface area contributed by atoms with E-state index in [1.54, 1.807) is 12.4 Å². The van der Waals surface area contributed by atoms with Crippen molar-refractivity contribution in [2.45, 2.75) is 52.6 Å². The minimum absolute atomic E-state index is 0.0177. The highest BCUT2D eigenvalue weighted by molar-refractivity contribution is 5.58. The van der Waals surface area contributed by atoms with E-state index in [1.165, 1.54) is 12.8 Å². The van der Waals surface area contributed by atoms with Crippen LogP contribution in [0, 0.1) is 13.8 Å². The number of aromatic nitrogens is 6. The fourth-order valence-electron chi connectivity index (χ4n) is 3.31. The van der Waals surface area contributed by atoms with Crippen molar-refractivity contribution < 1.29 is 0 Å². The molecule has 1 N–H and O–H groups in total. The van der Waals surface area contributed by atoms with E-state index in [9.17, 15) is 0 Å². The molecular formula is C19H23N7. The van der Waals surface area contributed by atoms with Crippen LogP contribution in [0.3, 0.4) is 0 Å². The third-order valence-electron chi connectivity index (χ3n) is 4.94. The van der Waals surface area contributed by atoms with Crippen molar-refractivity contribution in [2.24, 2.45) is 0 Å². The topological polar surface area (TPSA) is 81.4 Å². The minimum Gasteiger partial charge on any atom is -0.360 e. The van der Waals surface area contributed by atoms with E-state index in [0.29, 0.717) is 5.82 Å². The molecule has 3 aromatic rings. The molecule has 0 aliphatic carbocycles. The Kier molecular flexibility index (Phi) is 4.36. The highest BCUT2D eigenvalue weighted by atomic mass is 15.3. The van der Waals surface area contributed by atoms with Gasteiger partial charge >= 0.3 is 0 Å². The molecule has 1 unspecified atom stereocenters. The average Bonchev–Trinajstić information content (AvgIpc) is 3.10. The SMILES string of the molecule is Cc1nc(-c2cccnc2)nc(NC(C)c2nnc3n2CCCC3)c1C. The molecule has 4 rings (SSSR count). The number of anilines is 1. The second kappa shape index (κ2) is 6.82. The van der Waals surface area contributed by atoms with Gasteiger partial charge in [-0.1, -0.05) is 0 Å². The van der Waals surface area contributed by atoms with Crippen LogP contribution in [-0.4, -0.2) is 29.7 Å². The first kappa shape index (κ1) is 16.6. The van der Waals surface area contributed by atoms with E-state index in [-0.39, 0.29) is 6.04 Å². The zero-order chi connectivity index (χ0) is 18.1. The predicted octanol–water partition coefficient (Wildman–Crippen LogP) is 3.26. The summed E-state index contributed by atoms with van der Waals surface area (Å²) in [7, 11) is 0.